The molecule has 1 N–H and O–H groups in total. The first-order valence-electron chi connectivity index (χ1n) is 4.84. The Labute approximate surface area is 118 Å². The molecule has 1 heterocycles. The van der Waals surface area contributed by atoms with Gasteiger partial charge in [0.05, 0.1) is 5.02 Å². The van der Waals surface area contributed by atoms with Crippen LogP contribution in [-0.4, -0.2) is 18.4 Å². The number of halogens is 3. The summed E-state index contributed by atoms with van der Waals surface area (Å²) >= 11 is 11.3. The second kappa shape index (κ2) is 5.28. The van der Waals surface area contributed by atoms with Gasteiger partial charge in [-0.3, -0.25) is 4.72 Å². The van der Waals surface area contributed by atoms with Gasteiger partial charge in [-0.2, -0.15) is 0 Å². The molecule has 0 fully saturated rings. The molecule has 9 heteroatoms. The van der Waals surface area contributed by atoms with E-state index in [1.807, 2.05) is 0 Å². The minimum absolute atomic E-state index is 0.0414. The highest BCUT2D eigenvalue weighted by atomic mass is 35.5. The van der Waals surface area contributed by atoms with Crippen LogP contribution in [0.1, 0.15) is 0 Å². The second-order valence-corrected chi connectivity index (χ2v) is 5.85. The molecular weight excluding hydrogens is 316 g/mol. The third-order valence-electron chi connectivity index (χ3n) is 2.06. The van der Waals surface area contributed by atoms with Gasteiger partial charge in [-0.05, 0) is 18.2 Å². The summed E-state index contributed by atoms with van der Waals surface area (Å²) in [7, 11) is -4.05. The third-order valence-corrected chi connectivity index (χ3v) is 4.10. The first-order chi connectivity index (χ1) is 8.88. The molecule has 100 valence electrons. The Morgan fingerprint density at radius 3 is 2.58 bits per heavy atom. The molecule has 0 saturated heterocycles. The van der Waals surface area contributed by atoms with E-state index in [0.29, 0.717) is 0 Å². The van der Waals surface area contributed by atoms with Gasteiger partial charge in [0.15, 0.2) is 0 Å². The molecule has 0 bridgehead atoms. The Hall–Kier alpha value is -1.44. The van der Waals surface area contributed by atoms with E-state index in [1.54, 1.807) is 0 Å². The van der Waals surface area contributed by atoms with Crippen molar-refractivity contribution < 1.29 is 12.8 Å². The number of hydrogen-bond donors (Lipinski definition) is 1. The Balaban J connectivity index is 2.40. The summed E-state index contributed by atoms with van der Waals surface area (Å²) in [5.74, 6) is -0.758. The van der Waals surface area contributed by atoms with Crippen LogP contribution in [0.3, 0.4) is 0 Å². The zero-order valence-electron chi connectivity index (χ0n) is 9.14. The summed E-state index contributed by atoms with van der Waals surface area (Å²) in [4.78, 5) is 6.90. The van der Waals surface area contributed by atoms with Crippen molar-refractivity contribution in [2.45, 2.75) is 4.90 Å². The Bertz CT molecular complexity index is 724. The highest BCUT2D eigenvalue weighted by Gasteiger charge is 2.19. The summed E-state index contributed by atoms with van der Waals surface area (Å²) in [5.41, 5.74) is 0. The Morgan fingerprint density at radius 2 is 1.89 bits per heavy atom. The number of benzene rings is 1. The standard InChI is InChI=1S/C10H6Cl2FN3O2S/c11-7-2-1-6(13)3-8(7)19(17,18)16-10-4-9(12)14-5-15-10/h1-5H,(H,14,15,16). The summed E-state index contributed by atoms with van der Waals surface area (Å²) in [6.07, 6.45) is 1.09. The lowest BCUT2D eigenvalue weighted by Gasteiger charge is -2.08. The van der Waals surface area contributed by atoms with Crippen LogP contribution < -0.4 is 4.72 Å². The predicted molar refractivity (Wildman–Crippen MR) is 69.3 cm³/mol. The van der Waals surface area contributed by atoms with E-state index in [0.717, 1.165) is 24.5 Å². The minimum atomic E-state index is -4.05. The molecule has 0 aliphatic heterocycles. The molecular formula is C10H6Cl2FN3O2S. The van der Waals surface area contributed by atoms with Crippen molar-refractivity contribution in [1.82, 2.24) is 9.97 Å². The number of rotatable bonds is 3. The molecule has 0 aliphatic rings. The fraction of sp³-hybridized carbons (Fsp3) is 0. The molecule has 0 spiro atoms. The number of nitrogens with zero attached hydrogens (tertiary/aromatic N) is 2. The van der Waals surface area contributed by atoms with Gasteiger partial charge in [0, 0.05) is 6.07 Å². The highest BCUT2D eigenvalue weighted by molar-refractivity contribution is 7.92. The van der Waals surface area contributed by atoms with Gasteiger partial charge in [-0.1, -0.05) is 23.2 Å². The zero-order chi connectivity index (χ0) is 14.0. The first-order valence-corrected chi connectivity index (χ1v) is 7.08. The molecule has 2 rings (SSSR count). The number of aromatic nitrogens is 2. The van der Waals surface area contributed by atoms with E-state index < -0.39 is 15.8 Å². The lowest BCUT2D eigenvalue weighted by atomic mass is 10.3. The van der Waals surface area contributed by atoms with Crippen LogP contribution in [0.4, 0.5) is 10.2 Å². The summed E-state index contributed by atoms with van der Waals surface area (Å²) in [6, 6.07) is 4.24. The van der Waals surface area contributed by atoms with E-state index in [2.05, 4.69) is 14.7 Å². The first kappa shape index (κ1) is 14.0. The van der Waals surface area contributed by atoms with E-state index >= 15 is 0 Å². The van der Waals surface area contributed by atoms with Gasteiger partial charge < -0.3 is 0 Å². The van der Waals surface area contributed by atoms with Gasteiger partial charge in [0.25, 0.3) is 10.0 Å². The van der Waals surface area contributed by atoms with Crippen molar-refractivity contribution in [3.8, 4) is 0 Å². The predicted octanol–water partition coefficient (Wildman–Crippen LogP) is 2.72. The van der Waals surface area contributed by atoms with Crippen LogP contribution in [0.15, 0.2) is 35.5 Å². The Morgan fingerprint density at radius 1 is 1.16 bits per heavy atom. The third kappa shape index (κ3) is 3.31. The molecule has 1 aromatic carbocycles. The van der Waals surface area contributed by atoms with Crippen molar-refractivity contribution in [3.05, 3.63) is 46.6 Å². The molecule has 2 aromatic rings. The monoisotopic (exact) mass is 321 g/mol. The molecule has 5 nitrogen and oxygen atoms in total. The molecule has 0 atom stereocenters. The lowest BCUT2D eigenvalue weighted by Crippen LogP contribution is -2.14. The quantitative estimate of drug-likeness (QED) is 0.882. The van der Waals surface area contributed by atoms with Crippen molar-refractivity contribution in [2.75, 3.05) is 4.72 Å². The van der Waals surface area contributed by atoms with E-state index in [1.165, 1.54) is 6.07 Å². The zero-order valence-corrected chi connectivity index (χ0v) is 11.5. The van der Waals surface area contributed by atoms with E-state index in [-0.39, 0.29) is 20.9 Å². The average Bonchev–Trinajstić information content (AvgIpc) is 2.31. The highest BCUT2D eigenvalue weighted by Crippen LogP contribution is 2.24. The minimum Gasteiger partial charge on any atom is -0.263 e. The van der Waals surface area contributed by atoms with Crippen molar-refractivity contribution >= 4 is 39.0 Å². The molecule has 19 heavy (non-hydrogen) atoms. The topological polar surface area (TPSA) is 72.0 Å². The number of nitrogens with one attached hydrogen (secondary N) is 1. The number of anilines is 1. The fourth-order valence-electron chi connectivity index (χ4n) is 1.27. The molecule has 0 amide bonds. The molecule has 0 radical (unpaired) electrons. The molecule has 0 unspecified atom stereocenters. The molecule has 1 aromatic heterocycles. The molecule has 0 aliphatic carbocycles. The largest absolute Gasteiger partial charge is 0.264 e. The summed E-state index contributed by atoms with van der Waals surface area (Å²) < 4.78 is 39.3. The van der Waals surface area contributed by atoms with Crippen LogP contribution in [0.25, 0.3) is 0 Å². The second-order valence-electron chi connectivity index (χ2n) is 3.41. The van der Waals surface area contributed by atoms with Crippen LogP contribution in [0.2, 0.25) is 10.2 Å². The maximum absolute atomic E-state index is 13.1. The Kier molecular flexibility index (Phi) is 3.88. The van der Waals surface area contributed by atoms with Crippen molar-refractivity contribution in [1.29, 1.82) is 0 Å². The number of hydrogen-bond acceptors (Lipinski definition) is 4. The van der Waals surface area contributed by atoms with Crippen LogP contribution in [0, 0.1) is 5.82 Å². The van der Waals surface area contributed by atoms with Gasteiger partial charge in [-0.25, -0.2) is 22.8 Å². The normalized spacial score (nSPS) is 11.3. The van der Waals surface area contributed by atoms with E-state index in [9.17, 15) is 12.8 Å². The smallest absolute Gasteiger partial charge is 0.263 e. The van der Waals surface area contributed by atoms with Gasteiger partial charge in [-0.15, -0.1) is 0 Å². The number of sulfonamides is 1. The van der Waals surface area contributed by atoms with Gasteiger partial charge >= 0.3 is 0 Å². The van der Waals surface area contributed by atoms with Crippen LogP contribution in [-0.2, 0) is 10.0 Å². The maximum atomic E-state index is 13.1. The van der Waals surface area contributed by atoms with Gasteiger partial charge in [0.2, 0.25) is 0 Å². The molecule has 0 saturated carbocycles. The fourth-order valence-corrected chi connectivity index (χ4v) is 2.92. The SMILES string of the molecule is O=S(=O)(Nc1cc(Cl)ncn1)c1cc(F)ccc1Cl. The van der Waals surface area contributed by atoms with Crippen molar-refractivity contribution in [3.63, 3.8) is 0 Å². The summed E-state index contributed by atoms with van der Waals surface area (Å²) in [5, 5.41) is -0.0351. The van der Waals surface area contributed by atoms with Crippen molar-refractivity contribution in [2.24, 2.45) is 0 Å². The lowest BCUT2D eigenvalue weighted by molar-refractivity contribution is 0.595. The van der Waals surface area contributed by atoms with Gasteiger partial charge in [0.1, 0.15) is 28.0 Å². The van der Waals surface area contributed by atoms with Crippen LogP contribution >= 0.6 is 23.2 Å². The maximum Gasteiger partial charge on any atom is 0.264 e. The summed E-state index contributed by atoms with van der Waals surface area (Å²) in [6.45, 7) is 0. The average molecular weight is 322 g/mol. The van der Waals surface area contributed by atoms with Crippen LogP contribution in [0.5, 0.6) is 0 Å². The van der Waals surface area contributed by atoms with E-state index in [4.69, 9.17) is 23.2 Å².